The Morgan fingerprint density at radius 1 is 1.30 bits per heavy atom. The number of hydrogen-bond donors (Lipinski definition) is 1. The highest BCUT2D eigenvalue weighted by Crippen LogP contribution is 2.43. The monoisotopic (exact) mass is 141 g/mol. The molecular weight excluding hydrogens is 122 g/mol. The van der Waals surface area contributed by atoms with Crippen molar-refractivity contribution in [2.45, 2.75) is 45.6 Å². The third-order valence-electron chi connectivity index (χ3n) is 2.58. The Bertz CT molecular complexity index is 97.3. The van der Waals surface area contributed by atoms with Gasteiger partial charge in [0.1, 0.15) is 0 Å². The smallest absolute Gasteiger partial charge is 0.0198 e. The van der Waals surface area contributed by atoms with Gasteiger partial charge in [0.15, 0.2) is 0 Å². The second kappa shape index (κ2) is 2.91. The topological polar surface area (TPSA) is 12.0 Å². The molecule has 0 atom stereocenters. The third-order valence-corrected chi connectivity index (χ3v) is 2.58. The summed E-state index contributed by atoms with van der Waals surface area (Å²) in [4.78, 5) is 0. The van der Waals surface area contributed by atoms with E-state index in [1.165, 1.54) is 25.8 Å². The Balaban J connectivity index is 0.000000231. The molecule has 0 aromatic heterocycles. The first kappa shape index (κ1) is 8.06. The van der Waals surface area contributed by atoms with Crippen LogP contribution >= 0.6 is 0 Å². The summed E-state index contributed by atoms with van der Waals surface area (Å²) in [6.07, 6.45) is 4.32. The van der Waals surface area contributed by atoms with E-state index in [0.717, 1.165) is 5.92 Å². The molecule has 10 heavy (non-hydrogen) atoms. The van der Waals surface area contributed by atoms with E-state index in [4.69, 9.17) is 0 Å². The highest BCUT2D eigenvalue weighted by Gasteiger charge is 2.45. The van der Waals surface area contributed by atoms with E-state index < -0.39 is 0 Å². The first-order valence-electron chi connectivity index (χ1n) is 4.56. The first-order valence-corrected chi connectivity index (χ1v) is 4.56. The normalized spacial score (nSPS) is 42.9. The molecule has 1 saturated carbocycles. The van der Waals surface area contributed by atoms with Crippen molar-refractivity contribution in [1.82, 2.24) is 5.32 Å². The van der Waals surface area contributed by atoms with Crippen molar-refractivity contribution in [3.8, 4) is 0 Å². The molecule has 2 fully saturated rings. The fraction of sp³-hybridized carbons (Fsp3) is 1.00. The lowest BCUT2D eigenvalue weighted by atomic mass is 9.64. The Morgan fingerprint density at radius 2 is 1.80 bits per heavy atom. The zero-order valence-electron chi connectivity index (χ0n) is 7.41. The quantitative estimate of drug-likeness (QED) is 0.545. The van der Waals surface area contributed by atoms with Crippen LogP contribution in [0.25, 0.3) is 0 Å². The van der Waals surface area contributed by atoms with Gasteiger partial charge in [0.2, 0.25) is 0 Å². The molecule has 1 N–H and O–H groups in total. The van der Waals surface area contributed by atoms with Gasteiger partial charge in [0.25, 0.3) is 0 Å². The summed E-state index contributed by atoms with van der Waals surface area (Å²) in [6.45, 7) is 7.61. The van der Waals surface area contributed by atoms with Gasteiger partial charge in [-0.1, -0.05) is 20.8 Å². The van der Waals surface area contributed by atoms with Gasteiger partial charge < -0.3 is 5.32 Å². The van der Waals surface area contributed by atoms with Crippen molar-refractivity contribution in [1.29, 1.82) is 0 Å². The summed E-state index contributed by atoms with van der Waals surface area (Å²) in [5.41, 5.74) is 0.666. The van der Waals surface area contributed by atoms with E-state index in [-0.39, 0.29) is 0 Å². The first-order chi connectivity index (χ1) is 4.81. The van der Waals surface area contributed by atoms with Crippen LogP contribution < -0.4 is 5.32 Å². The minimum Gasteiger partial charge on any atom is -0.311 e. The van der Waals surface area contributed by atoms with E-state index in [1.54, 1.807) is 0 Å². The molecular formula is C9H19N. The molecule has 1 heteroatoms. The highest BCUT2D eigenvalue weighted by atomic mass is 15.1. The molecule has 0 radical (unpaired) electrons. The van der Waals surface area contributed by atoms with Crippen molar-refractivity contribution in [3.63, 3.8) is 0 Å². The maximum atomic E-state index is 3.49. The molecule has 0 aromatic carbocycles. The summed E-state index contributed by atoms with van der Waals surface area (Å²) in [6, 6.07) is 0. The summed E-state index contributed by atoms with van der Waals surface area (Å²) >= 11 is 0. The molecule has 0 unspecified atom stereocenters. The largest absolute Gasteiger partial charge is 0.311 e. The number of nitrogens with one attached hydrogen (secondary N) is 1. The zero-order valence-corrected chi connectivity index (χ0v) is 7.41. The molecule has 1 heterocycles. The molecule has 1 nitrogen and oxygen atoms in total. The molecule has 2 aliphatic rings. The SMILES string of the molecule is CC.CC1CC2(CCN2)C1. The summed E-state index contributed by atoms with van der Waals surface area (Å²) in [5.74, 6) is 1.00. The second-order valence-electron chi connectivity index (χ2n) is 3.47. The van der Waals surface area contributed by atoms with Gasteiger partial charge in [-0.2, -0.15) is 0 Å². The second-order valence-corrected chi connectivity index (χ2v) is 3.47. The summed E-state index contributed by atoms with van der Waals surface area (Å²) in [5, 5.41) is 3.49. The fourth-order valence-electron chi connectivity index (χ4n) is 2.10. The average molecular weight is 141 g/mol. The van der Waals surface area contributed by atoms with Gasteiger partial charge in [-0.3, -0.25) is 0 Å². The lowest BCUT2D eigenvalue weighted by Crippen LogP contribution is -2.63. The molecule has 60 valence electrons. The van der Waals surface area contributed by atoms with Crippen LogP contribution in [0.15, 0.2) is 0 Å². The lowest BCUT2D eigenvalue weighted by Gasteiger charge is -2.54. The summed E-state index contributed by atoms with van der Waals surface area (Å²) in [7, 11) is 0. The summed E-state index contributed by atoms with van der Waals surface area (Å²) < 4.78 is 0. The van der Waals surface area contributed by atoms with Crippen LogP contribution in [0.4, 0.5) is 0 Å². The molecule has 1 saturated heterocycles. The van der Waals surface area contributed by atoms with Crippen molar-refractivity contribution in [2.24, 2.45) is 5.92 Å². The van der Waals surface area contributed by atoms with Crippen LogP contribution in [0.3, 0.4) is 0 Å². The Labute approximate surface area is 64.2 Å². The third kappa shape index (κ3) is 1.20. The lowest BCUT2D eigenvalue weighted by molar-refractivity contribution is 0.0491. The average Bonchev–Trinajstić information content (AvgIpc) is 1.82. The van der Waals surface area contributed by atoms with Gasteiger partial charge in [-0.25, -0.2) is 0 Å². The Morgan fingerprint density at radius 3 is 1.90 bits per heavy atom. The molecule has 1 aliphatic carbocycles. The van der Waals surface area contributed by atoms with Gasteiger partial charge >= 0.3 is 0 Å². The van der Waals surface area contributed by atoms with Crippen molar-refractivity contribution in [3.05, 3.63) is 0 Å². The fourth-order valence-corrected chi connectivity index (χ4v) is 2.10. The van der Waals surface area contributed by atoms with Gasteiger partial charge in [-0.05, 0) is 31.7 Å². The van der Waals surface area contributed by atoms with Crippen molar-refractivity contribution >= 4 is 0 Å². The van der Waals surface area contributed by atoms with Crippen LogP contribution in [-0.2, 0) is 0 Å². The van der Waals surface area contributed by atoms with E-state index in [0.29, 0.717) is 5.54 Å². The van der Waals surface area contributed by atoms with E-state index in [1.807, 2.05) is 13.8 Å². The van der Waals surface area contributed by atoms with Gasteiger partial charge in [0, 0.05) is 5.54 Å². The minimum atomic E-state index is 0.666. The van der Waals surface area contributed by atoms with E-state index in [9.17, 15) is 0 Å². The maximum absolute atomic E-state index is 3.49. The molecule has 1 aliphatic heterocycles. The predicted octanol–water partition coefficient (Wildman–Crippen LogP) is 2.17. The van der Waals surface area contributed by atoms with Crippen LogP contribution in [-0.4, -0.2) is 12.1 Å². The molecule has 0 amide bonds. The van der Waals surface area contributed by atoms with Gasteiger partial charge in [-0.15, -0.1) is 0 Å². The zero-order chi connectivity index (χ0) is 7.61. The van der Waals surface area contributed by atoms with Gasteiger partial charge in [0.05, 0.1) is 0 Å². The van der Waals surface area contributed by atoms with Crippen molar-refractivity contribution in [2.75, 3.05) is 6.54 Å². The predicted molar refractivity (Wildman–Crippen MR) is 45.1 cm³/mol. The molecule has 0 bridgehead atoms. The number of rotatable bonds is 0. The maximum Gasteiger partial charge on any atom is 0.0198 e. The Hall–Kier alpha value is -0.0400. The van der Waals surface area contributed by atoms with Crippen LogP contribution in [0.1, 0.15) is 40.0 Å². The highest BCUT2D eigenvalue weighted by molar-refractivity contribution is 5.05. The van der Waals surface area contributed by atoms with Crippen LogP contribution in [0.2, 0.25) is 0 Å². The number of hydrogen-bond acceptors (Lipinski definition) is 1. The minimum absolute atomic E-state index is 0.666. The van der Waals surface area contributed by atoms with E-state index >= 15 is 0 Å². The molecule has 1 spiro atoms. The van der Waals surface area contributed by atoms with Crippen LogP contribution in [0, 0.1) is 5.92 Å². The van der Waals surface area contributed by atoms with Crippen molar-refractivity contribution < 1.29 is 0 Å². The standard InChI is InChI=1S/C7H13N.C2H6/c1-6-4-7(5-6)2-3-8-7;1-2/h6,8H,2-5H2,1H3;1-2H3. The molecule has 0 aromatic rings. The Kier molecular flexibility index (Phi) is 2.35. The van der Waals surface area contributed by atoms with E-state index in [2.05, 4.69) is 12.2 Å². The molecule has 2 rings (SSSR count). The van der Waals surface area contributed by atoms with Crippen LogP contribution in [0.5, 0.6) is 0 Å².